The number of thioether (sulfide) groups is 1. The first-order chi connectivity index (χ1) is 19.1. The molecule has 1 aliphatic rings. The van der Waals surface area contributed by atoms with Crippen molar-refractivity contribution in [2.45, 2.75) is 70.6 Å². The molecule has 218 valence electrons. The Balaban J connectivity index is 1.78. The quantitative estimate of drug-likeness (QED) is 0.177. The van der Waals surface area contributed by atoms with Crippen LogP contribution in [0.25, 0.3) is 11.1 Å². The maximum atomic E-state index is 13.4. The molecule has 0 aromatic heterocycles. The van der Waals surface area contributed by atoms with Gasteiger partial charge >= 0.3 is 18.1 Å². The van der Waals surface area contributed by atoms with Crippen LogP contribution in [0.4, 0.5) is 13.2 Å². The van der Waals surface area contributed by atoms with E-state index in [1.54, 1.807) is 12.3 Å². The minimum Gasteiger partial charge on any atom is -0.385 e. The second-order valence-electron chi connectivity index (χ2n) is 10.2. The van der Waals surface area contributed by atoms with Crippen LogP contribution in [0.1, 0.15) is 66.4 Å². The molecule has 0 bridgehead atoms. The highest BCUT2D eigenvalue weighted by Gasteiger charge is 2.43. The number of hydrogen-bond acceptors (Lipinski definition) is 6. The molecule has 40 heavy (non-hydrogen) atoms. The lowest BCUT2D eigenvalue weighted by Gasteiger charge is -2.21. The molecular weight excluding hydrogens is 541 g/mol. The van der Waals surface area contributed by atoms with Gasteiger partial charge in [0.2, 0.25) is 0 Å². The molecule has 1 amide bonds. The lowest BCUT2D eigenvalue weighted by Crippen LogP contribution is -2.44. The minimum absolute atomic E-state index is 0.000424. The van der Waals surface area contributed by atoms with Gasteiger partial charge < -0.3 is 15.4 Å². The van der Waals surface area contributed by atoms with Crippen molar-refractivity contribution >= 4 is 29.6 Å². The van der Waals surface area contributed by atoms with Crippen molar-refractivity contribution in [2.75, 3.05) is 18.6 Å². The first kappa shape index (κ1) is 31.7. The number of halogens is 3. The molecular formula is C30H37F3N2O4S. The molecule has 1 atom stereocenters. The maximum Gasteiger partial charge on any atom is 0.491 e. The molecule has 10 heteroatoms. The molecule has 2 aromatic carbocycles. The molecule has 0 unspecified atom stereocenters. The highest BCUT2D eigenvalue weighted by Crippen LogP contribution is 2.29. The fraction of sp³-hybridized carbons (Fsp3) is 0.500. The minimum atomic E-state index is -5.32. The molecule has 0 aliphatic heterocycles. The standard InChI is InChI=1S/C30H37F3N2O4S/c1-20-8-6-7-11-23(20)25-18-22(19-34-16-14-21-9-4-3-5-10-21)12-13-24(25)27(36)35-26(15-17-40-2)28(37)39-29(38)30(31,32)33/h6-8,11-13,18,21,26,34H,3-5,9-10,14-17,19H2,1-2H3,(H,35,36)/t26-/m0/s1. The molecule has 2 N–H and O–H groups in total. The summed E-state index contributed by atoms with van der Waals surface area (Å²) in [4.78, 5) is 37.1. The summed E-state index contributed by atoms with van der Waals surface area (Å²) in [6.45, 7) is 3.45. The number of hydrogen-bond donors (Lipinski definition) is 2. The lowest BCUT2D eigenvalue weighted by atomic mass is 9.87. The van der Waals surface area contributed by atoms with Gasteiger partial charge in [0, 0.05) is 12.1 Å². The van der Waals surface area contributed by atoms with E-state index in [1.165, 1.54) is 43.9 Å². The van der Waals surface area contributed by atoms with E-state index >= 15 is 0 Å². The number of nitrogens with one attached hydrogen (secondary N) is 2. The van der Waals surface area contributed by atoms with Gasteiger partial charge in [-0.3, -0.25) is 4.79 Å². The van der Waals surface area contributed by atoms with Gasteiger partial charge in [0.1, 0.15) is 6.04 Å². The summed E-state index contributed by atoms with van der Waals surface area (Å²) in [6, 6.07) is 11.6. The summed E-state index contributed by atoms with van der Waals surface area (Å²) < 4.78 is 42.0. The van der Waals surface area contributed by atoms with E-state index in [1.807, 2.05) is 43.3 Å². The van der Waals surface area contributed by atoms with Crippen LogP contribution in [0.5, 0.6) is 0 Å². The zero-order valence-electron chi connectivity index (χ0n) is 22.9. The van der Waals surface area contributed by atoms with Crippen LogP contribution in [-0.4, -0.2) is 48.6 Å². The maximum absolute atomic E-state index is 13.4. The first-order valence-corrected chi connectivity index (χ1v) is 15.0. The number of carbonyl (C=O) groups excluding carboxylic acids is 3. The van der Waals surface area contributed by atoms with Gasteiger partial charge in [-0.1, -0.05) is 62.4 Å². The molecule has 6 nitrogen and oxygen atoms in total. The molecule has 1 fully saturated rings. The Morgan fingerprint density at radius 3 is 2.45 bits per heavy atom. The van der Waals surface area contributed by atoms with Gasteiger partial charge in [-0.15, -0.1) is 0 Å². The summed E-state index contributed by atoms with van der Waals surface area (Å²) in [5, 5.41) is 6.00. The van der Waals surface area contributed by atoms with Crippen molar-refractivity contribution in [2.24, 2.45) is 5.92 Å². The molecule has 0 spiro atoms. The molecule has 0 radical (unpaired) electrons. The van der Waals surface area contributed by atoms with Crippen LogP contribution in [0.2, 0.25) is 0 Å². The number of amides is 1. The van der Waals surface area contributed by atoms with E-state index in [0.29, 0.717) is 17.9 Å². The Bertz CT molecular complexity index is 1170. The third-order valence-electron chi connectivity index (χ3n) is 7.17. The van der Waals surface area contributed by atoms with E-state index in [0.717, 1.165) is 35.6 Å². The molecule has 1 saturated carbocycles. The van der Waals surface area contributed by atoms with Crippen molar-refractivity contribution in [1.29, 1.82) is 0 Å². The Kier molecular flexibility index (Phi) is 12.1. The zero-order chi connectivity index (χ0) is 29.1. The van der Waals surface area contributed by atoms with Crippen molar-refractivity contribution in [3.63, 3.8) is 0 Å². The number of carbonyl (C=O) groups is 3. The van der Waals surface area contributed by atoms with Crippen LogP contribution in [0.3, 0.4) is 0 Å². The van der Waals surface area contributed by atoms with Gasteiger partial charge in [-0.05, 0) is 78.6 Å². The number of esters is 2. The van der Waals surface area contributed by atoms with E-state index in [4.69, 9.17) is 0 Å². The van der Waals surface area contributed by atoms with Gasteiger partial charge in [0.25, 0.3) is 5.91 Å². The van der Waals surface area contributed by atoms with Gasteiger partial charge in [0.15, 0.2) is 0 Å². The Labute approximate surface area is 237 Å². The predicted molar refractivity (Wildman–Crippen MR) is 151 cm³/mol. The van der Waals surface area contributed by atoms with Crippen molar-refractivity contribution in [1.82, 2.24) is 10.6 Å². The summed E-state index contributed by atoms with van der Waals surface area (Å²) in [5.74, 6) is -3.57. The summed E-state index contributed by atoms with van der Waals surface area (Å²) in [7, 11) is 0. The fourth-order valence-electron chi connectivity index (χ4n) is 4.95. The average molecular weight is 579 g/mol. The third kappa shape index (κ3) is 9.37. The summed E-state index contributed by atoms with van der Waals surface area (Å²) in [6.07, 6.45) is 4.10. The van der Waals surface area contributed by atoms with E-state index in [2.05, 4.69) is 15.4 Å². The van der Waals surface area contributed by atoms with E-state index < -0.39 is 30.1 Å². The van der Waals surface area contributed by atoms with E-state index in [9.17, 15) is 27.6 Å². The van der Waals surface area contributed by atoms with Crippen LogP contribution in [0, 0.1) is 12.8 Å². The highest BCUT2D eigenvalue weighted by atomic mass is 32.2. The SMILES string of the molecule is CSCC[C@H](NC(=O)c1ccc(CNCCC2CCCCC2)cc1-c1ccccc1C)C(=O)OC(=O)C(F)(F)F. The smallest absolute Gasteiger partial charge is 0.385 e. The summed E-state index contributed by atoms with van der Waals surface area (Å²) >= 11 is 1.34. The van der Waals surface area contributed by atoms with E-state index in [-0.39, 0.29) is 12.0 Å². The highest BCUT2D eigenvalue weighted by molar-refractivity contribution is 7.98. The third-order valence-corrected chi connectivity index (χ3v) is 7.82. The van der Waals surface area contributed by atoms with Crippen LogP contribution < -0.4 is 10.6 Å². The van der Waals surface area contributed by atoms with Gasteiger partial charge in [0.05, 0.1) is 0 Å². The van der Waals surface area contributed by atoms with Crippen molar-refractivity contribution in [3.8, 4) is 11.1 Å². The zero-order valence-corrected chi connectivity index (χ0v) is 23.8. The monoisotopic (exact) mass is 578 g/mol. The van der Waals surface area contributed by atoms with Crippen molar-refractivity contribution in [3.05, 3.63) is 59.2 Å². The number of benzene rings is 2. The number of alkyl halides is 3. The number of rotatable bonds is 12. The molecule has 0 heterocycles. The molecule has 0 saturated heterocycles. The average Bonchev–Trinajstić information content (AvgIpc) is 2.93. The fourth-order valence-corrected chi connectivity index (χ4v) is 5.42. The number of aryl methyl sites for hydroxylation is 1. The second-order valence-corrected chi connectivity index (χ2v) is 11.2. The largest absolute Gasteiger partial charge is 0.491 e. The Hall–Kier alpha value is -2.85. The molecule has 2 aromatic rings. The van der Waals surface area contributed by atoms with Crippen LogP contribution in [0.15, 0.2) is 42.5 Å². The van der Waals surface area contributed by atoms with Crippen LogP contribution >= 0.6 is 11.8 Å². The molecule has 3 rings (SSSR count). The van der Waals surface area contributed by atoms with Gasteiger partial charge in [-0.25, -0.2) is 9.59 Å². The number of ether oxygens (including phenoxy) is 1. The normalized spacial score (nSPS) is 14.9. The topological polar surface area (TPSA) is 84.5 Å². The van der Waals surface area contributed by atoms with Crippen LogP contribution in [-0.2, 0) is 20.9 Å². The van der Waals surface area contributed by atoms with Crippen molar-refractivity contribution < 1.29 is 32.3 Å². The summed E-state index contributed by atoms with van der Waals surface area (Å²) in [5.41, 5.74) is 3.66. The predicted octanol–water partition coefficient (Wildman–Crippen LogP) is 6.21. The molecule has 1 aliphatic carbocycles. The Morgan fingerprint density at radius 2 is 1.77 bits per heavy atom. The van der Waals surface area contributed by atoms with Gasteiger partial charge in [-0.2, -0.15) is 24.9 Å². The lowest BCUT2D eigenvalue weighted by molar-refractivity contribution is -0.202. The first-order valence-electron chi connectivity index (χ1n) is 13.6. The second kappa shape index (κ2) is 15.2. The Morgan fingerprint density at radius 1 is 1.05 bits per heavy atom.